The summed E-state index contributed by atoms with van der Waals surface area (Å²) in [6.07, 6.45) is 0.0481. The standard InChI is InChI=1S/C23H25N3O6S/c1-33(30,31)26-19-10-14(6-7-20(19)27)22(29)13-24-8-9-32-23-12-18-16(11-21(23)28)15-4-2-3-5-17(15)25-18/h2-7,10-12,22,24-29H,8-9,13H2,1H3. The van der Waals surface area contributed by atoms with Gasteiger partial charge in [0.2, 0.25) is 10.0 Å². The summed E-state index contributed by atoms with van der Waals surface area (Å²) in [4.78, 5) is 3.30. The Kier molecular flexibility index (Phi) is 6.32. The Balaban J connectivity index is 1.32. The van der Waals surface area contributed by atoms with E-state index in [4.69, 9.17) is 4.74 Å². The van der Waals surface area contributed by atoms with Crippen LogP contribution in [0.4, 0.5) is 5.69 Å². The second kappa shape index (κ2) is 9.18. The van der Waals surface area contributed by atoms with Gasteiger partial charge >= 0.3 is 0 Å². The topological polar surface area (TPSA) is 144 Å². The Morgan fingerprint density at radius 3 is 2.58 bits per heavy atom. The van der Waals surface area contributed by atoms with Gasteiger partial charge in [0, 0.05) is 35.4 Å². The number of H-pyrrole nitrogens is 1. The monoisotopic (exact) mass is 471 g/mol. The fourth-order valence-corrected chi connectivity index (χ4v) is 4.18. The molecule has 0 fully saturated rings. The zero-order valence-corrected chi connectivity index (χ0v) is 18.7. The van der Waals surface area contributed by atoms with Crippen LogP contribution in [0, 0.1) is 0 Å². The Hall–Kier alpha value is -3.47. The molecule has 0 aliphatic carbocycles. The molecule has 3 aromatic carbocycles. The first-order valence-corrected chi connectivity index (χ1v) is 12.2. The number of benzene rings is 3. The molecular formula is C23H25N3O6S. The number of aromatic hydroxyl groups is 2. The molecule has 0 aliphatic rings. The van der Waals surface area contributed by atoms with E-state index in [1.54, 1.807) is 12.1 Å². The molecule has 1 unspecified atom stereocenters. The number of aromatic nitrogens is 1. The third-order valence-corrected chi connectivity index (χ3v) is 5.75. The molecule has 0 bridgehead atoms. The van der Waals surface area contributed by atoms with Crippen LogP contribution in [0.15, 0.2) is 54.6 Å². The molecule has 174 valence electrons. The first-order valence-electron chi connectivity index (χ1n) is 10.3. The molecule has 0 aliphatic heterocycles. The van der Waals surface area contributed by atoms with Gasteiger partial charge in [-0.05, 0) is 29.8 Å². The number of phenolic OH excluding ortho intramolecular Hbond substituents is 2. The lowest BCUT2D eigenvalue weighted by Gasteiger charge is -2.15. The zero-order valence-electron chi connectivity index (χ0n) is 17.9. The van der Waals surface area contributed by atoms with Gasteiger partial charge in [-0.3, -0.25) is 4.72 Å². The van der Waals surface area contributed by atoms with E-state index in [-0.39, 0.29) is 30.3 Å². The molecule has 33 heavy (non-hydrogen) atoms. The number of aromatic amines is 1. The third kappa shape index (κ3) is 5.30. The van der Waals surface area contributed by atoms with Crippen LogP contribution in [0.2, 0.25) is 0 Å². The number of hydrogen-bond acceptors (Lipinski definition) is 7. The van der Waals surface area contributed by atoms with Crippen LogP contribution in [0.5, 0.6) is 17.2 Å². The molecule has 1 aromatic heterocycles. The first-order chi connectivity index (χ1) is 15.7. The van der Waals surface area contributed by atoms with Gasteiger partial charge < -0.3 is 30.4 Å². The molecule has 9 nitrogen and oxygen atoms in total. The van der Waals surface area contributed by atoms with E-state index in [1.807, 2.05) is 24.3 Å². The van der Waals surface area contributed by atoms with Gasteiger partial charge in [-0.2, -0.15) is 0 Å². The van der Waals surface area contributed by atoms with E-state index >= 15 is 0 Å². The average molecular weight is 472 g/mol. The summed E-state index contributed by atoms with van der Waals surface area (Å²) in [5.41, 5.74) is 2.27. The molecule has 4 rings (SSSR count). The van der Waals surface area contributed by atoms with Crippen molar-refractivity contribution in [3.05, 3.63) is 60.2 Å². The molecule has 0 saturated carbocycles. The Labute approximate surface area is 190 Å². The summed E-state index contributed by atoms with van der Waals surface area (Å²) in [5, 5.41) is 35.5. The Bertz CT molecular complexity index is 1400. The summed E-state index contributed by atoms with van der Waals surface area (Å²) in [6, 6.07) is 15.5. The number of ether oxygens (including phenoxy) is 1. The number of aliphatic hydroxyl groups is 1. The number of hydrogen-bond donors (Lipinski definition) is 6. The molecule has 0 amide bonds. The number of rotatable bonds is 9. The summed E-state index contributed by atoms with van der Waals surface area (Å²) in [5.74, 6) is 0.165. The second-order valence-electron chi connectivity index (χ2n) is 7.76. The highest BCUT2D eigenvalue weighted by atomic mass is 32.2. The van der Waals surface area contributed by atoms with E-state index in [0.29, 0.717) is 17.9 Å². The lowest BCUT2D eigenvalue weighted by Crippen LogP contribution is -2.26. The van der Waals surface area contributed by atoms with E-state index < -0.39 is 16.1 Å². The predicted octanol–water partition coefficient (Wildman–Crippen LogP) is 2.81. The third-order valence-electron chi connectivity index (χ3n) is 5.16. The van der Waals surface area contributed by atoms with Crippen LogP contribution in [0.3, 0.4) is 0 Å². The van der Waals surface area contributed by atoms with Crippen molar-refractivity contribution < 1.29 is 28.5 Å². The van der Waals surface area contributed by atoms with Gasteiger partial charge in [-0.15, -0.1) is 0 Å². The highest BCUT2D eigenvalue weighted by Crippen LogP contribution is 2.35. The van der Waals surface area contributed by atoms with Crippen molar-refractivity contribution in [3.63, 3.8) is 0 Å². The molecule has 1 heterocycles. The fourth-order valence-electron chi connectivity index (χ4n) is 3.61. The smallest absolute Gasteiger partial charge is 0.229 e. The quantitative estimate of drug-likeness (QED) is 0.163. The van der Waals surface area contributed by atoms with Crippen LogP contribution in [0.1, 0.15) is 11.7 Å². The van der Waals surface area contributed by atoms with Crippen LogP contribution < -0.4 is 14.8 Å². The normalized spacial score (nSPS) is 12.8. The lowest BCUT2D eigenvalue weighted by molar-refractivity contribution is 0.171. The number of para-hydroxylation sites is 1. The maximum Gasteiger partial charge on any atom is 0.229 e. The van der Waals surface area contributed by atoms with Crippen molar-refractivity contribution in [3.8, 4) is 17.2 Å². The van der Waals surface area contributed by atoms with Gasteiger partial charge in [0.25, 0.3) is 0 Å². The van der Waals surface area contributed by atoms with E-state index in [0.717, 1.165) is 28.1 Å². The molecule has 6 N–H and O–H groups in total. The van der Waals surface area contributed by atoms with Crippen molar-refractivity contribution in [1.82, 2.24) is 10.3 Å². The number of anilines is 1. The SMILES string of the molecule is CS(=O)(=O)Nc1cc(C(O)CNCCOc2cc3[nH]c4ccccc4c3cc2O)ccc1O. The highest BCUT2D eigenvalue weighted by molar-refractivity contribution is 7.92. The predicted molar refractivity (Wildman–Crippen MR) is 127 cm³/mol. The number of aliphatic hydroxyl groups excluding tert-OH is 1. The maximum atomic E-state index is 11.4. The highest BCUT2D eigenvalue weighted by Gasteiger charge is 2.13. The number of fused-ring (bicyclic) bond motifs is 3. The summed E-state index contributed by atoms with van der Waals surface area (Å²) >= 11 is 0. The molecule has 0 saturated heterocycles. The summed E-state index contributed by atoms with van der Waals surface area (Å²) < 4.78 is 30.7. The maximum absolute atomic E-state index is 11.4. The van der Waals surface area contributed by atoms with Crippen molar-refractivity contribution in [1.29, 1.82) is 0 Å². The number of sulfonamides is 1. The minimum atomic E-state index is -3.56. The van der Waals surface area contributed by atoms with Crippen molar-refractivity contribution in [2.45, 2.75) is 6.10 Å². The largest absolute Gasteiger partial charge is 0.506 e. The number of phenols is 2. The van der Waals surface area contributed by atoms with E-state index in [2.05, 4.69) is 15.0 Å². The van der Waals surface area contributed by atoms with Crippen molar-refractivity contribution in [2.24, 2.45) is 0 Å². The van der Waals surface area contributed by atoms with Crippen molar-refractivity contribution >= 4 is 37.5 Å². The Morgan fingerprint density at radius 2 is 1.79 bits per heavy atom. The molecule has 0 radical (unpaired) electrons. The zero-order chi connectivity index (χ0) is 23.6. The van der Waals surface area contributed by atoms with Gasteiger partial charge in [0.1, 0.15) is 12.4 Å². The minimum Gasteiger partial charge on any atom is -0.506 e. The fraction of sp³-hybridized carbons (Fsp3) is 0.217. The van der Waals surface area contributed by atoms with E-state index in [1.165, 1.54) is 18.2 Å². The van der Waals surface area contributed by atoms with E-state index in [9.17, 15) is 23.7 Å². The van der Waals surface area contributed by atoms with Gasteiger partial charge in [0.15, 0.2) is 11.5 Å². The van der Waals surface area contributed by atoms with Crippen LogP contribution >= 0.6 is 0 Å². The molecule has 10 heteroatoms. The van der Waals surface area contributed by atoms with Crippen LogP contribution in [-0.4, -0.2) is 54.7 Å². The molecule has 1 atom stereocenters. The van der Waals surface area contributed by atoms with Crippen LogP contribution in [0.25, 0.3) is 21.8 Å². The summed E-state index contributed by atoms with van der Waals surface area (Å²) in [6.45, 7) is 0.829. The minimum absolute atomic E-state index is 0.000211. The Morgan fingerprint density at radius 1 is 1.00 bits per heavy atom. The van der Waals surface area contributed by atoms with Gasteiger partial charge in [-0.25, -0.2) is 8.42 Å². The first kappa shape index (κ1) is 22.7. The molecule has 0 spiro atoms. The lowest BCUT2D eigenvalue weighted by atomic mass is 10.1. The summed E-state index contributed by atoms with van der Waals surface area (Å²) in [7, 11) is -3.56. The number of nitrogens with one attached hydrogen (secondary N) is 3. The van der Waals surface area contributed by atoms with Crippen molar-refractivity contribution in [2.75, 3.05) is 30.7 Å². The van der Waals surface area contributed by atoms with Gasteiger partial charge in [0.05, 0.1) is 23.6 Å². The second-order valence-corrected chi connectivity index (χ2v) is 9.50. The molecular weight excluding hydrogens is 446 g/mol. The van der Waals surface area contributed by atoms with Crippen LogP contribution in [-0.2, 0) is 10.0 Å². The average Bonchev–Trinajstić information content (AvgIpc) is 3.11. The molecule has 4 aromatic rings. The van der Waals surface area contributed by atoms with Gasteiger partial charge in [-0.1, -0.05) is 24.3 Å².